The standard InChI is InChI=1S/C9H13NO2.ClH/c1-6(10)9(12)7-2-4-8(11)5-3-7;/h2-6,9,11-12H,10H2,1H3;1H/t6-,9-;/m0./s1. The molecule has 0 aliphatic carbocycles. The maximum absolute atomic E-state index is 9.48. The Labute approximate surface area is 83.6 Å². The molecule has 0 saturated carbocycles. The molecular formula is C9H14ClNO2. The van der Waals surface area contributed by atoms with E-state index in [1.807, 2.05) is 0 Å². The molecule has 2 atom stereocenters. The van der Waals surface area contributed by atoms with Crippen molar-refractivity contribution in [2.24, 2.45) is 5.73 Å². The van der Waals surface area contributed by atoms with Gasteiger partial charge in [0.2, 0.25) is 0 Å². The van der Waals surface area contributed by atoms with Gasteiger partial charge >= 0.3 is 0 Å². The van der Waals surface area contributed by atoms with Crippen LogP contribution in [0.5, 0.6) is 5.75 Å². The zero-order chi connectivity index (χ0) is 9.14. The summed E-state index contributed by atoms with van der Waals surface area (Å²) >= 11 is 0. The number of hydrogen-bond donors (Lipinski definition) is 3. The minimum atomic E-state index is -0.661. The Balaban J connectivity index is 0.00000144. The second-order valence-corrected chi connectivity index (χ2v) is 2.90. The summed E-state index contributed by atoms with van der Waals surface area (Å²) in [6, 6.07) is 6.07. The Morgan fingerprint density at radius 3 is 2.08 bits per heavy atom. The van der Waals surface area contributed by atoms with Crippen molar-refractivity contribution in [2.75, 3.05) is 0 Å². The summed E-state index contributed by atoms with van der Waals surface area (Å²) in [4.78, 5) is 0. The van der Waals surface area contributed by atoms with E-state index in [1.165, 1.54) is 12.1 Å². The van der Waals surface area contributed by atoms with Crippen molar-refractivity contribution in [3.8, 4) is 5.75 Å². The number of rotatable bonds is 2. The number of hydrogen-bond acceptors (Lipinski definition) is 3. The molecule has 0 bridgehead atoms. The van der Waals surface area contributed by atoms with Crippen molar-refractivity contribution in [1.29, 1.82) is 0 Å². The molecule has 4 heteroatoms. The minimum absolute atomic E-state index is 0. The van der Waals surface area contributed by atoms with Gasteiger partial charge in [0.1, 0.15) is 5.75 Å². The first-order valence-electron chi connectivity index (χ1n) is 3.84. The van der Waals surface area contributed by atoms with Crippen LogP contribution >= 0.6 is 12.4 Å². The highest BCUT2D eigenvalue weighted by molar-refractivity contribution is 5.85. The topological polar surface area (TPSA) is 66.5 Å². The van der Waals surface area contributed by atoms with E-state index in [0.29, 0.717) is 0 Å². The third kappa shape index (κ3) is 3.22. The molecule has 13 heavy (non-hydrogen) atoms. The first-order chi connectivity index (χ1) is 5.61. The van der Waals surface area contributed by atoms with Crippen molar-refractivity contribution in [2.45, 2.75) is 19.1 Å². The minimum Gasteiger partial charge on any atom is -0.508 e. The predicted molar refractivity (Wildman–Crippen MR) is 54.0 cm³/mol. The van der Waals surface area contributed by atoms with E-state index in [2.05, 4.69) is 0 Å². The van der Waals surface area contributed by atoms with Crippen LogP contribution in [-0.2, 0) is 0 Å². The molecule has 3 nitrogen and oxygen atoms in total. The van der Waals surface area contributed by atoms with E-state index in [4.69, 9.17) is 10.8 Å². The number of benzene rings is 1. The lowest BCUT2D eigenvalue weighted by atomic mass is 10.0. The zero-order valence-corrected chi connectivity index (χ0v) is 8.16. The average molecular weight is 204 g/mol. The van der Waals surface area contributed by atoms with Gasteiger partial charge < -0.3 is 15.9 Å². The van der Waals surface area contributed by atoms with Gasteiger partial charge in [0.25, 0.3) is 0 Å². The summed E-state index contributed by atoms with van der Waals surface area (Å²) in [7, 11) is 0. The van der Waals surface area contributed by atoms with Crippen LogP contribution in [0.2, 0.25) is 0 Å². The number of phenolic OH excluding ortho intramolecular Hbond substituents is 1. The summed E-state index contributed by atoms with van der Waals surface area (Å²) in [5, 5.41) is 18.4. The Bertz CT molecular complexity index is 248. The number of aliphatic hydroxyl groups is 1. The van der Waals surface area contributed by atoms with Gasteiger partial charge in [-0.2, -0.15) is 0 Å². The van der Waals surface area contributed by atoms with Crippen LogP contribution in [0.15, 0.2) is 24.3 Å². The molecule has 0 aliphatic rings. The van der Waals surface area contributed by atoms with Crippen LogP contribution in [0.1, 0.15) is 18.6 Å². The molecule has 74 valence electrons. The smallest absolute Gasteiger partial charge is 0.115 e. The maximum Gasteiger partial charge on any atom is 0.115 e. The highest BCUT2D eigenvalue weighted by atomic mass is 35.5. The summed E-state index contributed by atoms with van der Waals surface area (Å²) in [6.45, 7) is 1.73. The monoisotopic (exact) mass is 203 g/mol. The third-order valence-electron chi connectivity index (χ3n) is 1.73. The average Bonchev–Trinajstić information content (AvgIpc) is 2.04. The van der Waals surface area contributed by atoms with Gasteiger partial charge in [0.15, 0.2) is 0 Å². The molecule has 1 aromatic rings. The fourth-order valence-corrected chi connectivity index (χ4v) is 0.975. The molecule has 1 rings (SSSR count). The normalized spacial score (nSPS) is 14.4. The molecular weight excluding hydrogens is 190 g/mol. The molecule has 0 unspecified atom stereocenters. The van der Waals surface area contributed by atoms with E-state index < -0.39 is 6.10 Å². The summed E-state index contributed by atoms with van der Waals surface area (Å²) < 4.78 is 0. The van der Waals surface area contributed by atoms with E-state index >= 15 is 0 Å². The van der Waals surface area contributed by atoms with E-state index in [9.17, 15) is 5.11 Å². The number of aliphatic hydroxyl groups excluding tert-OH is 1. The van der Waals surface area contributed by atoms with Crippen molar-refractivity contribution in [3.63, 3.8) is 0 Å². The van der Waals surface area contributed by atoms with Crippen molar-refractivity contribution in [3.05, 3.63) is 29.8 Å². The molecule has 0 saturated heterocycles. The Morgan fingerprint density at radius 1 is 1.23 bits per heavy atom. The predicted octanol–water partition coefficient (Wildman–Crippen LogP) is 1.19. The summed E-state index contributed by atoms with van der Waals surface area (Å²) in [5.74, 6) is 0.190. The maximum atomic E-state index is 9.48. The van der Waals surface area contributed by atoms with Gasteiger partial charge in [0.05, 0.1) is 6.10 Å². The lowest BCUT2D eigenvalue weighted by Crippen LogP contribution is -2.24. The molecule has 0 aliphatic heterocycles. The van der Waals surface area contributed by atoms with Gasteiger partial charge in [-0.05, 0) is 24.6 Å². The molecule has 4 N–H and O–H groups in total. The SMILES string of the molecule is C[C@H](N)[C@H](O)c1ccc(O)cc1.Cl. The Morgan fingerprint density at radius 2 is 1.69 bits per heavy atom. The van der Waals surface area contributed by atoms with Crippen LogP contribution in [0.25, 0.3) is 0 Å². The summed E-state index contributed by atoms with van der Waals surface area (Å²) in [5.41, 5.74) is 6.22. The fourth-order valence-electron chi connectivity index (χ4n) is 0.975. The van der Waals surface area contributed by atoms with Crippen LogP contribution in [0.3, 0.4) is 0 Å². The molecule has 0 aromatic heterocycles. The van der Waals surface area contributed by atoms with Gasteiger partial charge in [-0.1, -0.05) is 12.1 Å². The second-order valence-electron chi connectivity index (χ2n) is 2.90. The molecule has 0 amide bonds. The van der Waals surface area contributed by atoms with Crippen molar-refractivity contribution < 1.29 is 10.2 Å². The van der Waals surface area contributed by atoms with Gasteiger partial charge in [-0.25, -0.2) is 0 Å². The lowest BCUT2D eigenvalue weighted by molar-refractivity contribution is 0.153. The lowest BCUT2D eigenvalue weighted by Gasteiger charge is -2.14. The Hall–Kier alpha value is -0.770. The largest absolute Gasteiger partial charge is 0.508 e. The molecule has 1 aromatic carbocycles. The zero-order valence-electron chi connectivity index (χ0n) is 7.34. The van der Waals surface area contributed by atoms with E-state index in [1.54, 1.807) is 19.1 Å². The highest BCUT2D eigenvalue weighted by Crippen LogP contribution is 2.18. The first-order valence-corrected chi connectivity index (χ1v) is 3.84. The van der Waals surface area contributed by atoms with Crippen LogP contribution in [-0.4, -0.2) is 16.3 Å². The quantitative estimate of drug-likeness (QED) is 0.677. The number of halogens is 1. The second kappa shape index (κ2) is 5.07. The number of phenols is 1. The molecule has 0 fully saturated rings. The molecule has 0 heterocycles. The molecule has 0 spiro atoms. The third-order valence-corrected chi connectivity index (χ3v) is 1.73. The van der Waals surface area contributed by atoms with E-state index in [-0.39, 0.29) is 24.2 Å². The Kier molecular flexibility index (Phi) is 4.77. The van der Waals surface area contributed by atoms with Gasteiger partial charge in [-0.3, -0.25) is 0 Å². The van der Waals surface area contributed by atoms with E-state index in [0.717, 1.165) is 5.56 Å². The van der Waals surface area contributed by atoms with Crippen molar-refractivity contribution in [1.82, 2.24) is 0 Å². The first kappa shape index (κ1) is 12.2. The van der Waals surface area contributed by atoms with Crippen molar-refractivity contribution >= 4 is 12.4 Å². The van der Waals surface area contributed by atoms with Crippen LogP contribution in [0.4, 0.5) is 0 Å². The number of nitrogens with two attached hydrogens (primary N) is 1. The fraction of sp³-hybridized carbons (Fsp3) is 0.333. The summed E-state index contributed by atoms with van der Waals surface area (Å²) in [6.07, 6.45) is -0.661. The van der Waals surface area contributed by atoms with Crippen LogP contribution in [0, 0.1) is 0 Å². The highest BCUT2D eigenvalue weighted by Gasteiger charge is 2.11. The van der Waals surface area contributed by atoms with Gasteiger partial charge in [-0.15, -0.1) is 12.4 Å². The van der Waals surface area contributed by atoms with Crippen LogP contribution < -0.4 is 5.73 Å². The number of aromatic hydroxyl groups is 1. The molecule has 0 radical (unpaired) electrons. The van der Waals surface area contributed by atoms with Gasteiger partial charge in [0, 0.05) is 6.04 Å².